The second-order valence-corrected chi connectivity index (χ2v) is 15.2. The molecule has 1 aliphatic rings. The quantitative estimate of drug-likeness (QED) is 0.418. The number of amides is 2. The van der Waals surface area contributed by atoms with Crippen molar-refractivity contribution in [1.82, 2.24) is 9.55 Å². The number of methoxy groups -OCH3 is 1. The van der Waals surface area contributed by atoms with Crippen molar-refractivity contribution in [3.8, 4) is 11.3 Å². The fourth-order valence-corrected chi connectivity index (χ4v) is 4.37. The average molecular weight is 474 g/mol. The first-order valence-electron chi connectivity index (χ1n) is 11.4. The summed E-state index contributed by atoms with van der Waals surface area (Å²) >= 11 is 0. The van der Waals surface area contributed by atoms with Crippen LogP contribution in [0.1, 0.15) is 37.5 Å². The average Bonchev–Trinajstić information content (AvgIpc) is 3.17. The Hall–Kier alpha value is -2.69. The summed E-state index contributed by atoms with van der Waals surface area (Å²) < 4.78 is 12.6. The number of anilines is 2. The molecule has 33 heavy (non-hydrogen) atoms. The van der Waals surface area contributed by atoms with E-state index in [9.17, 15) is 9.59 Å². The predicted molar refractivity (Wildman–Crippen MR) is 132 cm³/mol. The van der Waals surface area contributed by atoms with Gasteiger partial charge in [-0.1, -0.05) is 26.1 Å². The summed E-state index contributed by atoms with van der Waals surface area (Å²) in [7, 11) is 0.118. The molecule has 180 valence electrons. The molecule has 1 aliphatic heterocycles. The van der Waals surface area contributed by atoms with Gasteiger partial charge in [-0.2, -0.15) is 0 Å². The lowest BCUT2D eigenvalue weighted by molar-refractivity contribution is -0.116. The third-order valence-electron chi connectivity index (χ3n) is 5.54. The van der Waals surface area contributed by atoms with Gasteiger partial charge in [-0.15, -0.1) is 0 Å². The van der Waals surface area contributed by atoms with Gasteiger partial charge in [-0.3, -0.25) is 10.1 Å². The van der Waals surface area contributed by atoms with Crippen LogP contribution in [0.2, 0.25) is 25.7 Å². The minimum absolute atomic E-state index is 0.0880. The number of carbonyl (C=O) groups is 2. The first kappa shape index (κ1) is 24.9. The van der Waals surface area contributed by atoms with Gasteiger partial charge in [0, 0.05) is 38.5 Å². The number of imidazole rings is 1. The van der Waals surface area contributed by atoms with Crippen molar-refractivity contribution < 1.29 is 19.1 Å². The van der Waals surface area contributed by atoms with E-state index in [4.69, 9.17) is 15.5 Å². The molecule has 0 fully saturated rings. The maximum absolute atomic E-state index is 12.5. The van der Waals surface area contributed by atoms with Crippen LogP contribution in [-0.4, -0.2) is 43.3 Å². The first-order chi connectivity index (χ1) is 15.7. The predicted octanol–water partition coefficient (Wildman–Crippen LogP) is 4.55. The van der Waals surface area contributed by atoms with Crippen molar-refractivity contribution in [1.29, 1.82) is 0 Å². The van der Waals surface area contributed by atoms with Crippen LogP contribution in [0, 0.1) is 0 Å². The van der Waals surface area contributed by atoms with Crippen LogP contribution in [0.25, 0.3) is 11.3 Å². The van der Waals surface area contributed by atoms with Gasteiger partial charge in [0.05, 0.1) is 24.5 Å². The Balaban J connectivity index is 1.94. The first-order valence-corrected chi connectivity index (χ1v) is 15.1. The molecule has 2 bridgehead atoms. The molecule has 2 aromatic rings. The standard InChI is InChI=1S/C23H35N5O4Si/c1-31-23(30)25-16-9-10-17-19(13-16)26-21(29)8-6-5-7-18(24)22-27-20(17)14-28(22)15-32-11-12-33(2,3)4/h9-10,13-14,18H,5-8,11-12,15,24H2,1-4H3,(H,25,30)(H,26,29). The molecule has 1 atom stereocenters. The van der Waals surface area contributed by atoms with Gasteiger partial charge in [0.15, 0.2) is 0 Å². The fraction of sp³-hybridized carbons (Fsp3) is 0.522. The Morgan fingerprint density at radius 1 is 1.33 bits per heavy atom. The Kier molecular flexibility index (Phi) is 8.28. The van der Waals surface area contributed by atoms with E-state index >= 15 is 0 Å². The maximum atomic E-state index is 12.5. The molecule has 0 radical (unpaired) electrons. The highest BCUT2D eigenvalue weighted by Gasteiger charge is 2.21. The zero-order valence-corrected chi connectivity index (χ0v) is 20.9. The minimum Gasteiger partial charge on any atom is -0.453 e. The van der Waals surface area contributed by atoms with Crippen LogP contribution in [-0.2, 0) is 21.0 Å². The summed E-state index contributed by atoms with van der Waals surface area (Å²) in [5, 5.41) is 5.60. The molecule has 2 heterocycles. The SMILES string of the molecule is COC(=O)Nc1ccc2c(c1)NC(=O)CCCCC(N)c1nc-2cn1COCC[Si](C)(C)C. The Morgan fingerprint density at radius 2 is 2.12 bits per heavy atom. The van der Waals surface area contributed by atoms with Crippen molar-refractivity contribution >= 4 is 31.4 Å². The van der Waals surface area contributed by atoms with E-state index in [2.05, 4.69) is 35.0 Å². The smallest absolute Gasteiger partial charge is 0.411 e. The summed E-state index contributed by atoms with van der Waals surface area (Å²) in [5.41, 5.74) is 9.01. The second kappa shape index (κ2) is 11.0. The largest absolute Gasteiger partial charge is 0.453 e. The lowest BCUT2D eigenvalue weighted by atomic mass is 10.1. The van der Waals surface area contributed by atoms with E-state index in [-0.39, 0.29) is 11.9 Å². The molecule has 2 amide bonds. The maximum Gasteiger partial charge on any atom is 0.411 e. The molecular formula is C23H35N5O4Si. The van der Waals surface area contributed by atoms with Crippen LogP contribution in [0.15, 0.2) is 24.4 Å². The normalized spacial score (nSPS) is 16.8. The number of rotatable bonds is 6. The number of hydrogen-bond acceptors (Lipinski definition) is 6. The van der Waals surface area contributed by atoms with Gasteiger partial charge in [-0.05, 0) is 37.1 Å². The van der Waals surface area contributed by atoms with Crippen molar-refractivity contribution in [2.75, 3.05) is 24.4 Å². The summed E-state index contributed by atoms with van der Waals surface area (Å²) in [6.07, 6.45) is 4.03. The fourth-order valence-electron chi connectivity index (χ4n) is 3.61. The monoisotopic (exact) mass is 473 g/mol. The molecule has 0 aliphatic carbocycles. The summed E-state index contributed by atoms with van der Waals surface area (Å²) in [6, 6.07) is 6.11. The number of aromatic nitrogens is 2. The van der Waals surface area contributed by atoms with Crippen molar-refractivity contribution in [2.24, 2.45) is 5.73 Å². The minimum atomic E-state index is -1.18. The zero-order chi connectivity index (χ0) is 24.0. The number of nitrogens with one attached hydrogen (secondary N) is 2. The van der Waals surface area contributed by atoms with Crippen LogP contribution in [0.4, 0.5) is 16.2 Å². The Bertz CT molecular complexity index is 986. The molecule has 4 N–H and O–H groups in total. The zero-order valence-electron chi connectivity index (χ0n) is 19.9. The van der Waals surface area contributed by atoms with Gasteiger partial charge in [0.2, 0.25) is 5.91 Å². The van der Waals surface area contributed by atoms with Gasteiger partial charge >= 0.3 is 6.09 Å². The van der Waals surface area contributed by atoms with Gasteiger partial charge < -0.3 is 25.1 Å². The number of ether oxygens (including phenoxy) is 2. The molecule has 10 heteroatoms. The number of carbonyl (C=O) groups excluding carboxylic acids is 2. The number of hydrogen-bond donors (Lipinski definition) is 3. The van der Waals surface area contributed by atoms with E-state index in [1.807, 2.05) is 16.8 Å². The third kappa shape index (κ3) is 7.14. The molecule has 3 rings (SSSR count). The van der Waals surface area contributed by atoms with Crippen molar-refractivity contribution in [3.05, 3.63) is 30.2 Å². The molecule has 0 saturated carbocycles. The number of nitrogens with two attached hydrogens (primary N) is 1. The molecule has 0 spiro atoms. The Labute approximate surface area is 196 Å². The van der Waals surface area contributed by atoms with E-state index in [0.717, 1.165) is 36.7 Å². The summed E-state index contributed by atoms with van der Waals surface area (Å²) in [5.74, 6) is 0.683. The highest BCUT2D eigenvalue weighted by Crippen LogP contribution is 2.32. The van der Waals surface area contributed by atoms with Gasteiger partial charge in [0.25, 0.3) is 0 Å². The van der Waals surface area contributed by atoms with E-state index in [1.54, 1.807) is 12.1 Å². The van der Waals surface area contributed by atoms with Crippen LogP contribution >= 0.6 is 0 Å². The number of nitrogens with zero attached hydrogens (tertiary/aromatic N) is 2. The van der Waals surface area contributed by atoms with Crippen LogP contribution in [0.3, 0.4) is 0 Å². The Morgan fingerprint density at radius 3 is 2.85 bits per heavy atom. The summed E-state index contributed by atoms with van der Waals surface area (Å²) in [4.78, 5) is 29.0. The number of fused-ring (bicyclic) bond motifs is 4. The topological polar surface area (TPSA) is 121 Å². The van der Waals surface area contributed by atoms with E-state index in [1.165, 1.54) is 7.11 Å². The van der Waals surface area contributed by atoms with Crippen molar-refractivity contribution in [3.63, 3.8) is 0 Å². The number of benzene rings is 1. The van der Waals surface area contributed by atoms with Crippen LogP contribution in [0.5, 0.6) is 0 Å². The van der Waals surface area contributed by atoms with Gasteiger partial charge in [0.1, 0.15) is 12.6 Å². The molecule has 1 aromatic heterocycles. The lowest BCUT2D eigenvalue weighted by Crippen LogP contribution is -2.22. The van der Waals surface area contributed by atoms with Crippen LogP contribution < -0.4 is 16.4 Å². The molecule has 1 aromatic carbocycles. The van der Waals surface area contributed by atoms with Gasteiger partial charge in [-0.25, -0.2) is 9.78 Å². The molecule has 9 nitrogen and oxygen atoms in total. The molecule has 1 unspecified atom stereocenters. The third-order valence-corrected chi connectivity index (χ3v) is 7.24. The van der Waals surface area contributed by atoms with E-state index < -0.39 is 14.2 Å². The second-order valence-electron chi connectivity index (χ2n) is 9.58. The highest BCUT2D eigenvalue weighted by molar-refractivity contribution is 6.76. The highest BCUT2D eigenvalue weighted by atomic mass is 28.3. The van der Waals surface area contributed by atoms with Crippen molar-refractivity contribution in [2.45, 2.75) is 64.1 Å². The van der Waals surface area contributed by atoms with E-state index in [0.29, 0.717) is 36.8 Å². The lowest BCUT2D eigenvalue weighted by Gasteiger charge is -2.17. The molecular weight excluding hydrogens is 438 g/mol. The molecule has 0 saturated heterocycles. The summed E-state index contributed by atoms with van der Waals surface area (Å²) in [6.45, 7) is 8.05.